The van der Waals surface area contributed by atoms with E-state index in [-0.39, 0.29) is 25.6 Å². The molecule has 0 aromatic carbocycles. The van der Waals surface area contributed by atoms with Crippen LogP contribution in [0.2, 0.25) is 0 Å². The van der Waals surface area contributed by atoms with E-state index in [1.807, 2.05) is 0 Å². The second-order valence-electron chi connectivity index (χ2n) is 16.8. The molecule has 0 aliphatic carbocycles. The van der Waals surface area contributed by atoms with Gasteiger partial charge in [-0.3, -0.25) is 13.8 Å². The zero-order valence-corrected chi connectivity index (χ0v) is 39.4. The summed E-state index contributed by atoms with van der Waals surface area (Å²) in [6, 6.07) is 0. The summed E-state index contributed by atoms with van der Waals surface area (Å²) in [7, 11) is -4.52. The van der Waals surface area contributed by atoms with Gasteiger partial charge in [0.05, 0.1) is 26.4 Å². The van der Waals surface area contributed by atoms with Gasteiger partial charge in [0.2, 0.25) is 0 Å². The number of hydrogen-bond acceptors (Lipinski definition) is 8. The number of allylic oxidation sites excluding steroid dienone is 4. The smallest absolute Gasteiger partial charge is 0.457 e. The quantitative estimate of drug-likeness (QED) is 0.0237. The summed E-state index contributed by atoms with van der Waals surface area (Å²) in [5, 5.41) is 18.4. The van der Waals surface area contributed by atoms with Crippen molar-refractivity contribution in [3.05, 3.63) is 24.3 Å². The van der Waals surface area contributed by atoms with Gasteiger partial charge in [0.25, 0.3) is 0 Å². The topological polar surface area (TPSA) is 132 Å². The van der Waals surface area contributed by atoms with Crippen molar-refractivity contribution in [2.24, 2.45) is 0 Å². The van der Waals surface area contributed by atoms with Crippen molar-refractivity contribution in [1.29, 1.82) is 0 Å². The van der Waals surface area contributed by atoms with Crippen molar-refractivity contribution in [2.75, 3.05) is 33.0 Å². The average molecular weight is 859 g/mol. The van der Waals surface area contributed by atoms with Crippen molar-refractivity contribution in [3.63, 3.8) is 0 Å². The molecule has 59 heavy (non-hydrogen) atoms. The zero-order chi connectivity index (χ0) is 43.2. The summed E-state index contributed by atoms with van der Waals surface area (Å²) in [4.78, 5) is 22.7. The fourth-order valence-corrected chi connectivity index (χ4v) is 7.88. The molecule has 3 unspecified atom stereocenters. The van der Waals surface area contributed by atoms with Gasteiger partial charge in [-0.2, -0.15) is 0 Å². The van der Waals surface area contributed by atoms with Crippen LogP contribution in [0.3, 0.4) is 0 Å². The Morgan fingerprint density at radius 1 is 0.525 bits per heavy atom. The first-order valence-corrected chi connectivity index (χ1v) is 26.3. The predicted molar refractivity (Wildman–Crippen MR) is 247 cm³/mol. The first-order chi connectivity index (χ1) is 28.8. The lowest BCUT2D eigenvalue weighted by molar-refractivity contribution is -0.154. The number of esters is 1. The number of aliphatic hydroxyl groups excluding tert-OH is 2. The molecule has 0 heterocycles. The third-order valence-corrected chi connectivity index (χ3v) is 11.8. The van der Waals surface area contributed by atoms with Crippen LogP contribution < -0.4 is 0 Å². The minimum Gasteiger partial charge on any atom is -0.457 e. The van der Waals surface area contributed by atoms with Gasteiger partial charge in [-0.1, -0.05) is 212 Å². The lowest BCUT2D eigenvalue weighted by Crippen LogP contribution is -2.29. The first kappa shape index (κ1) is 57.9. The first-order valence-electron chi connectivity index (χ1n) is 24.8. The second kappa shape index (κ2) is 46.4. The molecule has 350 valence electrons. The molecule has 0 amide bonds. The molecule has 3 atom stereocenters. The van der Waals surface area contributed by atoms with Gasteiger partial charge in [-0.15, -0.1) is 0 Å². The Morgan fingerprint density at radius 3 is 1.39 bits per heavy atom. The van der Waals surface area contributed by atoms with Gasteiger partial charge in [0.1, 0.15) is 12.2 Å². The molecular formula is C49H95O9P. The average Bonchev–Trinajstić information content (AvgIpc) is 3.23. The number of unbranched alkanes of at least 4 members (excludes halogenated alkanes) is 30. The third kappa shape index (κ3) is 46.3. The van der Waals surface area contributed by atoms with Crippen LogP contribution >= 0.6 is 7.82 Å². The number of aliphatic hydroxyl groups is 2. The molecule has 0 radical (unpaired) electrons. The third-order valence-electron chi connectivity index (χ3n) is 10.9. The molecule has 3 N–H and O–H groups in total. The molecule has 0 spiro atoms. The molecule has 0 bridgehead atoms. The summed E-state index contributed by atoms with van der Waals surface area (Å²) in [6.07, 6.45) is 49.9. The Balaban J connectivity index is 4.07. The van der Waals surface area contributed by atoms with Gasteiger partial charge in [0, 0.05) is 13.0 Å². The van der Waals surface area contributed by atoms with Crippen molar-refractivity contribution in [1.82, 2.24) is 0 Å². The van der Waals surface area contributed by atoms with Gasteiger partial charge in [-0.05, 0) is 44.9 Å². The van der Waals surface area contributed by atoms with Crippen LogP contribution in [0, 0.1) is 0 Å². The summed E-state index contributed by atoms with van der Waals surface area (Å²) < 4.78 is 33.5. The molecule has 0 aromatic heterocycles. The van der Waals surface area contributed by atoms with E-state index in [0.29, 0.717) is 6.61 Å². The zero-order valence-electron chi connectivity index (χ0n) is 38.5. The SMILES string of the molecule is CCCCC/C=C\C/C=C\CCCCCCCCCCCCOCC(COP(=O)(O)OCC(O)CO)OC(=O)CCCCCCCCCCCCCCCCCCCC. The number of rotatable bonds is 48. The van der Waals surface area contributed by atoms with Crippen LogP contribution in [-0.4, -0.2) is 66.3 Å². The number of phosphoric ester groups is 1. The molecule has 0 saturated carbocycles. The number of carbonyl (C=O) groups is 1. The normalized spacial score (nSPS) is 14.1. The summed E-state index contributed by atoms with van der Waals surface area (Å²) >= 11 is 0. The maximum atomic E-state index is 12.7. The summed E-state index contributed by atoms with van der Waals surface area (Å²) in [5.74, 6) is -0.378. The molecule has 0 rings (SSSR count). The van der Waals surface area contributed by atoms with Gasteiger partial charge in [0.15, 0.2) is 0 Å². The van der Waals surface area contributed by atoms with Gasteiger partial charge < -0.3 is 24.6 Å². The summed E-state index contributed by atoms with van der Waals surface area (Å²) in [6.45, 7) is 3.54. The highest BCUT2D eigenvalue weighted by Gasteiger charge is 2.26. The van der Waals surface area contributed by atoms with E-state index in [1.54, 1.807) is 0 Å². The fraction of sp³-hybridized carbons (Fsp3) is 0.898. The highest BCUT2D eigenvalue weighted by Crippen LogP contribution is 2.43. The van der Waals surface area contributed by atoms with E-state index in [1.165, 1.54) is 173 Å². The van der Waals surface area contributed by atoms with Crippen LogP contribution in [0.5, 0.6) is 0 Å². The Kier molecular flexibility index (Phi) is 45.6. The number of hydrogen-bond donors (Lipinski definition) is 3. The highest BCUT2D eigenvalue weighted by atomic mass is 31.2. The van der Waals surface area contributed by atoms with E-state index in [0.717, 1.165) is 44.9 Å². The van der Waals surface area contributed by atoms with Crippen LogP contribution in [-0.2, 0) is 27.9 Å². The lowest BCUT2D eigenvalue weighted by atomic mass is 10.0. The highest BCUT2D eigenvalue weighted by molar-refractivity contribution is 7.47. The molecular weight excluding hydrogens is 764 g/mol. The van der Waals surface area contributed by atoms with E-state index >= 15 is 0 Å². The standard InChI is InChI=1S/C49H95O9P/c1-3-5-7-9-11-13-15-17-19-21-23-24-26-28-30-32-34-36-38-40-42-55-45-48(46-57-59(53,54)56-44-47(51)43-50)58-49(52)41-39-37-35-33-31-29-27-25-22-20-18-16-14-12-10-8-6-4-2/h11,13,17,19,47-48,50-51H,3-10,12,14-16,18,20-46H2,1-2H3,(H,53,54)/b13-11-,19-17-. The van der Waals surface area contributed by atoms with Crippen LogP contribution in [0.1, 0.15) is 239 Å². The van der Waals surface area contributed by atoms with Crippen LogP contribution in [0.25, 0.3) is 0 Å². The predicted octanol–water partition coefficient (Wildman–Crippen LogP) is 14.2. The molecule has 0 saturated heterocycles. The largest absolute Gasteiger partial charge is 0.472 e. The van der Waals surface area contributed by atoms with E-state index in [2.05, 4.69) is 38.2 Å². The lowest BCUT2D eigenvalue weighted by Gasteiger charge is -2.20. The summed E-state index contributed by atoms with van der Waals surface area (Å²) in [5.41, 5.74) is 0. The fourth-order valence-electron chi connectivity index (χ4n) is 7.09. The van der Waals surface area contributed by atoms with E-state index < -0.39 is 33.2 Å². The molecule has 0 aromatic rings. The molecule has 10 heteroatoms. The van der Waals surface area contributed by atoms with Crippen molar-refractivity contribution in [2.45, 2.75) is 251 Å². The molecule has 0 aliphatic rings. The Hall–Kier alpha value is -1.06. The maximum absolute atomic E-state index is 12.7. The van der Waals surface area contributed by atoms with Crippen LogP contribution in [0.4, 0.5) is 0 Å². The minimum absolute atomic E-state index is 0.0517. The Morgan fingerprint density at radius 2 is 0.915 bits per heavy atom. The number of carbonyl (C=O) groups excluding carboxylic acids is 1. The van der Waals surface area contributed by atoms with Gasteiger partial charge >= 0.3 is 13.8 Å². The number of phosphoric acid groups is 1. The molecule has 9 nitrogen and oxygen atoms in total. The monoisotopic (exact) mass is 859 g/mol. The molecule has 0 fully saturated rings. The Bertz CT molecular complexity index is 975. The maximum Gasteiger partial charge on any atom is 0.472 e. The number of ether oxygens (including phenoxy) is 2. The van der Waals surface area contributed by atoms with Crippen molar-refractivity contribution in [3.8, 4) is 0 Å². The van der Waals surface area contributed by atoms with Crippen molar-refractivity contribution >= 4 is 13.8 Å². The second-order valence-corrected chi connectivity index (χ2v) is 18.3. The minimum atomic E-state index is -4.52. The van der Waals surface area contributed by atoms with Crippen molar-refractivity contribution < 1.29 is 43.0 Å². The van der Waals surface area contributed by atoms with Gasteiger partial charge in [-0.25, -0.2) is 4.57 Å². The van der Waals surface area contributed by atoms with E-state index in [9.17, 15) is 19.4 Å². The van der Waals surface area contributed by atoms with Crippen LogP contribution in [0.15, 0.2) is 24.3 Å². The Labute approximate surface area is 363 Å². The van der Waals surface area contributed by atoms with E-state index in [4.69, 9.17) is 23.6 Å². The molecule has 0 aliphatic heterocycles.